The smallest absolute Gasteiger partial charge is 0.128 e. The van der Waals surface area contributed by atoms with E-state index in [2.05, 4.69) is 9.80 Å². The van der Waals surface area contributed by atoms with Crippen LogP contribution in [0.5, 0.6) is 0 Å². The molecule has 1 aromatic rings. The van der Waals surface area contributed by atoms with Crippen LogP contribution < -0.4 is 10.6 Å². The summed E-state index contributed by atoms with van der Waals surface area (Å²) >= 11 is 0. The van der Waals surface area contributed by atoms with Crippen molar-refractivity contribution in [2.45, 2.75) is 25.3 Å². The van der Waals surface area contributed by atoms with Crippen LogP contribution in [0.15, 0.2) is 18.2 Å². The Bertz CT molecular complexity index is 437. The van der Waals surface area contributed by atoms with Gasteiger partial charge < -0.3 is 10.6 Å². The zero-order chi connectivity index (χ0) is 13.2. The molecule has 0 unspecified atom stereocenters. The summed E-state index contributed by atoms with van der Waals surface area (Å²) in [5, 5.41) is 0. The first kappa shape index (κ1) is 12.9. The van der Waals surface area contributed by atoms with Gasteiger partial charge in [0.15, 0.2) is 0 Å². The van der Waals surface area contributed by atoms with Gasteiger partial charge in [0.2, 0.25) is 0 Å². The number of piperazine rings is 1. The molecule has 1 aliphatic heterocycles. The van der Waals surface area contributed by atoms with Crippen molar-refractivity contribution in [3.8, 4) is 0 Å². The van der Waals surface area contributed by atoms with E-state index in [1.807, 2.05) is 6.07 Å². The fourth-order valence-corrected chi connectivity index (χ4v) is 3.00. The van der Waals surface area contributed by atoms with Gasteiger partial charge in [-0.25, -0.2) is 4.39 Å². The first-order valence-corrected chi connectivity index (χ1v) is 7.26. The predicted molar refractivity (Wildman–Crippen MR) is 76.0 cm³/mol. The number of nitrogens with zero attached hydrogens (tertiary/aromatic N) is 2. The minimum absolute atomic E-state index is 0.118. The van der Waals surface area contributed by atoms with E-state index in [-0.39, 0.29) is 5.82 Å². The number of nitrogens with two attached hydrogens (primary N) is 1. The molecule has 4 heteroatoms. The highest BCUT2D eigenvalue weighted by molar-refractivity contribution is 5.54. The fraction of sp³-hybridized carbons (Fsp3) is 0.600. The number of hydrogen-bond acceptors (Lipinski definition) is 3. The van der Waals surface area contributed by atoms with E-state index < -0.39 is 0 Å². The maximum atomic E-state index is 13.9. The van der Waals surface area contributed by atoms with Gasteiger partial charge in [0.1, 0.15) is 5.82 Å². The second-order valence-electron chi connectivity index (χ2n) is 5.53. The molecule has 104 valence electrons. The molecular weight excluding hydrogens is 241 g/mol. The summed E-state index contributed by atoms with van der Waals surface area (Å²) in [6.45, 7) is 4.69. The summed E-state index contributed by atoms with van der Waals surface area (Å²) in [7, 11) is 0. The van der Waals surface area contributed by atoms with E-state index in [4.69, 9.17) is 5.73 Å². The summed E-state index contributed by atoms with van der Waals surface area (Å²) in [5.74, 6) is -0.118. The maximum Gasteiger partial charge on any atom is 0.128 e. The zero-order valence-electron chi connectivity index (χ0n) is 11.3. The number of rotatable bonds is 4. The number of halogens is 1. The third kappa shape index (κ3) is 2.74. The van der Waals surface area contributed by atoms with Gasteiger partial charge in [0, 0.05) is 43.5 Å². The molecule has 1 aliphatic carbocycles. The van der Waals surface area contributed by atoms with Crippen LogP contribution in [0.25, 0.3) is 0 Å². The largest absolute Gasteiger partial charge is 0.369 e. The minimum atomic E-state index is -0.118. The second kappa shape index (κ2) is 5.47. The Kier molecular flexibility index (Phi) is 3.71. The normalized spacial score (nSPS) is 20.8. The molecule has 0 radical (unpaired) electrons. The lowest BCUT2D eigenvalue weighted by molar-refractivity contribution is 0.248. The SMILES string of the molecule is NCCc1c(F)cccc1N1CCN(C2CC2)CC1. The summed E-state index contributed by atoms with van der Waals surface area (Å²) in [5.41, 5.74) is 7.43. The quantitative estimate of drug-likeness (QED) is 0.896. The molecule has 19 heavy (non-hydrogen) atoms. The van der Waals surface area contributed by atoms with Crippen LogP contribution in [-0.4, -0.2) is 43.7 Å². The molecule has 0 atom stereocenters. The van der Waals surface area contributed by atoms with Crippen molar-refractivity contribution in [1.29, 1.82) is 0 Å². The van der Waals surface area contributed by atoms with Crippen molar-refractivity contribution < 1.29 is 4.39 Å². The lowest BCUT2D eigenvalue weighted by Gasteiger charge is -2.37. The summed E-state index contributed by atoms with van der Waals surface area (Å²) < 4.78 is 13.9. The molecule has 0 aromatic heterocycles. The van der Waals surface area contributed by atoms with Crippen molar-refractivity contribution in [3.05, 3.63) is 29.6 Å². The maximum absolute atomic E-state index is 13.9. The fourth-order valence-electron chi connectivity index (χ4n) is 3.00. The van der Waals surface area contributed by atoms with Crippen LogP contribution in [0.1, 0.15) is 18.4 Å². The number of anilines is 1. The Labute approximate surface area is 114 Å². The Morgan fingerprint density at radius 3 is 2.53 bits per heavy atom. The van der Waals surface area contributed by atoms with Gasteiger partial charge in [-0.3, -0.25) is 4.90 Å². The van der Waals surface area contributed by atoms with E-state index >= 15 is 0 Å². The van der Waals surface area contributed by atoms with Gasteiger partial charge in [0.25, 0.3) is 0 Å². The number of benzene rings is 1. The average Bonchev–Trinajstić information content (AvgIpc) is 3.26. The average molecular weight is 263 g/mol. The van der Waals surface area contributed by atoms with E-state index in [1.54, 1.807) is 6.07 Å². The van der Waals surface area contributed by atoms with Crippen molar-refractivity contribution in [2.75, 3.05) is 37.6 Å². The monoisotopic (exact) mass is 263 g/mol. The van der Waals surface area contributed by atoms with E-state index in [0.717, 1.165) is 43.5 Å². The first-order chi connectivity index (χ1) is 9.29. The van der Waals surface area contributed by atoms with E-state index in [1.165, 1.54) is 18.9 Å². The van der Waals surface area contributed by atoms with Crippen LogP contribution in [0.3, 0.4) is 0 Å². The summed E-state index contributed by atoms with van der Waals surface area (Å²) in [6.07, 6.45) is 3.33. The van der Waals surface area contributed by atoms with Crippen molar-refractivity contribution >= 4 is 5.69 Å². The van der Waals surface area contributed by atoms with Crippen molar-refractivity contribution in [3.63, 3.8) is 0 Å². The highest BCUT2D eigenvalue weighted by Gasteiger charge is 2.31. The molecule has 0 amide bonds. The second-order valence-corrected chi connectivity index (χ2v) is 5.53. The van der Waals surface area contributed by atoms with Crippen LogP contribution in [0.2, 0.25) is 0 Å². The van der Waals surface area contributed by atoms with Gasteiger partial charge in [0.05, 0.1) is 0 Å². The topological polar surface area (TPSA) is 32.5 Å². The summed E-state index contributed by atoms with van der Waals surface area (Å²) in [6, 6.07) is 6.20. The third-order valence-corrected chi connectivity index (χ3v) is 4.21. The molecule has 3 rings (SSSR count). The molecular formula is C15H22FN3. The van der Waals surface area contributed by atoms with Gasteiger partial charge in [-0.1, -0.05) is 6.07 Å². The molecule has 1 aromatic carbocycles. The molecule has 3 nitrogen and oxygen atoms in total. The lowest BCUT2D eigenvalue weighted by atomic mass is 10.1. The molecule has 1 saturated carbocycles. The molecule has 2 fully saturated rings. The van der Waals surface area contributed by atoms with E-state index in [0.29, 0.717) is 13.0 Å². The molecule has 0 spiro atoms. The van der Waals surface area contributed by atoms with Crippen LogP contribution in [0, 0.1) is 5.82 Å². The van der Waals surface area contributed by atoms with E-state index in [9.17, 15) is 4.39 Å². The zero-order valence-corrected chi connectivity index (χ0v) is 11.3. The molecule has 0 bridgehead atoms. The van der Waals surface area contributed by atoms with Crippen LogP contribution in [-0.2, 0) is 6.42 Å². The minimum Gasteiger partial charge on any atom is -0.369 e. The lowest BCUT2D eigenvalue weighted by Crippen LogP contribution is -2.47. The Hall–Kier alpha value is -1.13. The predicted octanol–water partition coefficient (Wildman–Crippen LogP) is 1.61. The Morgan fingerprint density at radius 1 is 1.16 bits per heavy atom. The van der Waals surface area contributed by atoms with Gasteiger partial charge in [-0.2, -0.15) is 0 Å². The highest BCUT2D eigenvalue weighted by atomic mass is 19.1. The van der Waals surface area contributed by atoms with Crippen molar-refractivity contribution in [2.24, 2.45) is 5.73 Å². The Morgan fingerprint density at radius 2 is 1.89 bits per heavy atom. The molecule has 2 N–H and O–H groups in total. The Balaban J connectivity index is 1.73. The summed E-state index contributed by atoms with van der Waals surface area (Å²) in [4.78, 5) is 4.88. The first-order valence-electron chi connectivity index (χ1n) is 7.26. The highest BCUT2D eigenvalue weighted by Crippen LogP contribution is 2.30. The van der Waals surface area contributed by atoms with Crippen LogP contribution in [0.4, 0.5) is 10.1 Å². The standard InChI is InChI=1S/C15H22FN3/c16-14-2-1-3-15(13(14)6-7-17)19-10-8-18(9-11-19)12-4-5-12/h1-3,12H,4-11,17H2. The molecule has 1 heterocycles. The van der Waals surface area contributed by atoms with Gasteiger partial charge in [-0.05, 0) is 37.9 Å². The van der Waals surface area contributed by atoms with Gasteiger partial charge >= 0.3 is 0 Å². The van der Waals surface area contributed by atoms with Gasteiger partial charge in [-0.15, -0.1) is 0 Å². The van der Waals surface area contributed by atoms with Crippen molar-refractivity contribution in [1.82, 2.24) is 4.90 Å². The number of hydrogen-bond donors (Lipinski definition) is 1. The third-order valence-electron chi connectivity index (χ3n) is 4.21. The molecule has 2 aliphatic rings. The van der Waals surface area contributed by atoms with Crippen LogP contribution >= 0.6 is 0 Å². The molecule has 1 saturated heterocycles.